The molecular weight excluding hydrogens is 332 g/mol. The van der Waals surface area contributed by atoms with Crippen LogP contribution in [0.2, 0.25) is 0 Å². The molecule has 2 fully saturated rings. The number of benzene rings is 1. The summed E-state index contributed by atoms with van der Waals surface area (Å²) in [6.45, 7) is 3.73. The lowest BCUT2D eigenvalue weighted by atomic mass is 10.0. The molecule has 1 aromatic rings. The lowest BCUT2D eigenvalue weighted by molar-refractivity contribution is 0.144. The zero-order chi connectivity index (χ0) is 17.3. The molecule has 138 valence electrons. The molecule has 4 nitrogen and oxygen atoms in total. The second-order valence-electron chi connectivity index (χ2n) is 7.87. The second-order valence-corrected chi connectivity index (χ2v) is 9.81. The van der Waals surface area contributed by atoms with Crippen LogP contribution in [-0.2, 0) is 22.9 Å². The number of aryl methyl sites for hydroxylation is 2. The first-order valence-corrected chi connectivity index (χ1v) is 11.4. The number of likely N-dealkylation sites (tertiary alicyclic amines) is 1. The van der Waals surface area contributed by atoms with E-state index in [0.29, 0.717) is 24.0 Å². The predicted octanol–water partition coefficient (Wildman–Crippen LogP) is 3.20. The molecule has 25 heavy (non-hydrogen) atoms. The number of sulfonamides is 1. The average Bonchev–Trinajstić information content (AvgIpc) is 2.94. The summed E-state index contributed by atoms with van der Waals surface area (Å²) in [6, 6.07) is 6.35. The lowest BCUT2D eigenvalue weighted by Gasteiger charge is -2.37. The highest BCUT2D eigenvalue weighted by molar-refractivity contribution is 7.89. The highest BCUT2D eigenvalue weighted by Crippen LogP contribution is 2.28. The van der Waals surface area contributed by atoms with E-state index in [9.17, 15) is 8.42 Å². The van der Waals surface area contributed by atoms with Crippen LogP contribution in [0.1, 0.15) is 56.1 Å². The van der Waals surface area contributed by atoms with Gasteiger partial charge in [0.15, 0.2) is 0 Å². The van der Waals surface area contributed by atoms with E-state index < -0.39 is 10.0 Å². The predicted molar refractivity (Wildman–Crippen MR) is 100 cm³/mol. The molecule has 5 heteroatoms. The van der Waals surface area contributed by atoms with Crippen LogP contribution in [0.3, 0.4) is 0 Å². The van der Waals surface area contributed by atoms with E-state index in [1.165, 1.54) is 49.9 Å². The number of rotatable bonds is 3. The van der Waals surface area contributed by atoms with Crippen molar-refractivity contribution in [3.63, 3.8) is 0 Å². The third-order valence-corrected chi connectivity index (χ3v) is 8.18. The summed E-state index contributed by atoms with van der Waals surface area (Å²) >= 11 is 0. The first-order valence-electron chi connectivity index (χ1n) is 10.0. The Labute approximate surface area is 152 Å². The Morgan fingerprint density at radius 2 is 1.48 bits per heavy atom. The minimum absolute atomic E-state index is 0.501. The van der Waals surface area contributed by atoms with Crippen LogP contribution < -0.4 is 0 Å². The van der Waals surface area contributed by atoms with Gasteiger partial charge in [0.25, 0.3) is 0 Å². The van der Waals surface area contributed by atoms with E-state index in [0.717, 1.165) is 32.1 Å². The molecule has 2 heterocycles. The van der Waals surface area contributed by atoms with Crippen LogP contribution in [0.4, 0.5) is 0 Å². The molecule has 0 saturated carbocycles. The zero-order valence-corrected chi connectivity index (χ0v) is 15.9. The molecule has 0 bridgehead atoms. The third kappa shape index (κ3) is 3.64. The molecule has 0 unspecified atom stereocenters. The van der Waals surface area contributed by atoms with E-state index in [1.807, 2.05) is 18.2 Å². The number of hydrogen-bond donors (Lipinski definition) is 0. The summed E-state index contributed by atoms with van der Waals surface area (Å²) in [6.07, 6.45) is 10.5. The average molecular weight is 363 g/mol. The van der Waals surface area contributed by atoms with Gasteiger partial charge in [-0.3, -0.25) is 0 Å². The van der Waals surface area contributed by atoms with Crippen molar-refractivity contribution in [2.45, 2.75) is 68.7 Å². The summed E-state index contributed by atoms with van der Waals surface area (Å²) in [5, 5.41) is 0. The number of fused-ring (bicyclic) bond motifs is 1. The minimum Gasteiger partial charge on any atom is -0.300 e. The molecule has 0 amide bonds. The van der Waals surface area contributed by atoms with Crippen molar-refractivity contribution in [3.05, 3.63) is 29.3 Å². The molecule has 1 aromatic carbocycles. The topological polar surface area (TPSA) is 40.6 Å². The maximum atomic E-state index is 13.0. The maximum Gasteiger partial charge on any atom is 0.243 e. The first-order chi connectivity index (χ1) is 12.1. The second kappa shape index (κ2) is 7.37. The van der Waals surface area contributed by atoms with Gasteiger partial charge >= 0.3 is 0 Å². The van der Waals surface area contributed by atoms with Crippen molar-refractivity contribution in [3.8, 4) is 0 Å². The third-order valence-electron chi connectivity index (χ3n) is 6.29. The molecular formula is C20H30N2O2S. The molecule has 0 N–H and O–H groups in total. The summed E-state index contributed by atoms with van der Waals surface area (Å²) in [5.74, 6) is 0. The SMILES string of the molecule is O=S(=O)(c1ccc2c(c1)CCC2)N1CCC(N2CCCCCC2)CC1. The molecule has 3 aliphatic rings. The van der Waals surface area contributed by atoms with Gasteiger partial charge in [0, 0.05) is 19.1 Å². The van der Waals surface area contributed by atoms with Crippen molar-refractivity contribution in [1.82, 2.24) is 9.21 Å². The molecule has 0 atom stereocenters. The molecule has 2 saturated heterocycles. The summed E-state index contributed by atoms with van der Waals surface area (Å²) in [4.78, 5) is 3.12. The Hall–Kier alpha value is -0.910. The Morgan fingerprint density at radius 3 is 2.20 bits per heavy atom. The minimum atomic E-state index is -3.33. The van der Waals surface area contributed by atoms with Gasteiger partial charge in [-0.25, -0.2) is 8.42 Å². The van der Waals surface area contributed by atoms with Crippen LogP contribution in [0, 0.1) is 0 Å². The van der Waals surface area contributed by atoms with Crippen LogP contribution >= 0.6 is 0 Å². The summed E-state index contributed by atoms with van der Waals surface area (Å²) in [5.41, 5.74) is 2.57. The van der Waals surface area contributed by atoms with Gasteiger partial charge < -0.3 is 4.90 Å². The molecule has 2 aliphatic heterocycles. The monoisotopic (exact) mass is 362 g/mol. The van der Waals surface area contributed by atoms with Gasteiger partial charge in [0.05, 0.1) is 4.90 Å². The van der Waals surface area contributed by atoms with Gasteiger partial charge in [-0.05, 0) is 81.3 Å². The zero-order valence-electron chi connectivity index (χ0n) is 15.1. The van der Waals surface area contributed by atoms with E-state index >= 15 is 0 Å². The fourth-order valence-corrected chi connectivity index (χ4v) is 6.29. The largest absolute Gasteiger partial charge is 0.300 e. The Morgan fingerprint density at radius 1 is 0.800 bits per heavy atom. The molecule has 0 radical (unpaired) electrons. The van der Waals surface area contributed by atoms with Gasteiger partial charge in [-0.15, -0.1) is 0 Å². The first kappa shape index (κ1) is 17.5. The van der Waals surface area contributed by atoms with Crippen molar-refractivity contribution < 1.29 is 8.42 Å². The van der Waals surface area contributed by atoms with E-state index in [1.54, 1.807) is 4.31 Å². The van der Waals surface area contributed by atoms with Crippen LogP contribution in [0.5, 0.6) is 0 Å². The van der Waals surface area contributed by atoms with Crippen molar-refractivity contribution >= 4 is 10.0 Å². The lowest BCUT2D eigenvalue weighted by Crippen LogP contribution is -2.47. The van der Waals surface area contributed by atoms with Crippen molar-refractivity contribution in [2.24, 2.45) is 0 Å². The maximum absolute atomic E-state index is 13.0. The summed E-state index contributed by atoms with van der Waals surface area (Å²) < 4.78 is 27.8. The molecule has 1 aliphatic carbocycles. The van der Waals surface area contributed by atoms with Crippen molar-refractivity contribution in [2.75, 3.05) is 26.2 Å². The van der Waals surface area contributed by atoms with E-state index in [-0.39, 0.29) is 0 Å². The van der Waals surface area contributed by atoms with E-state index in [2.05, 4.69) is 4.90 Å². The van der Waals surface area contributed by atoms with Gasteiger partial charge in [0.2, 0.25) is 10.0 Å². The normalized spacial score (nSPS) is 24.2. The number of hydrogen-bond acceptors (Lipinski definition) is 3. The van der Waals surface area contributed by atoms with Gasteiger partial charge in [-0.1, -0.05) is 18.9 Å². The van der Waals surface area contributed by atoms with Crippen LogP contribution in [0.25, 0.3) is 0 Å². The van der Waals surface area contributed by atoms with Gasteiger partial charge in [-0.2, -0.15) is 4.31 Å². The quantitative estimate of drug-likeness (QED) is 0.829. The molecule has 0 aromatic heterocycles. The highest BCUT2D eigenvalue weighted by Gasteiger charge is 2.32. The van der Waals surface area contributed by atoms with Gasteiger partial charge in [0.1, 0.15) is 0 Å². The van der Waals surface area contributed by atoms with E-state index in [4.69, 9.17) is 0 Å². The fourth-order valence-electron chi connectivity index (χ4n) is 4.77. The Kier molecular flexibility index (Phi) is 5.16. The molecule has 4 rings (SSSR count). The highest BCUT2D eigenvalue weighted by atomic mass is 32.2. The van der Waals surface area contributed by atoms with Crippen molar-refractivity contribution in [1.29, 1.82) is 0 Å². The Balaban J connectivity index is 1.42. The fraction of sp³-hybridized carbons (Fsp3) is 0.700. The smallest absolute Gasteiger partial charge is 0.243 e. The van der Waals surface area contributed by atoms with Crippen LogP contribution in [0.15, 0.2) is 23.1 Å². The Bertz CT molecular complexity index is 700. The number of nitrogens with zero attached hydrogens (tertiary/aromatic N) is 2. The number of piperidine rings is 1. The standard InChI is InChI=1S/C20H30N2O2S/c23-25(24,20-9-8-17-6-5-7-18(17)16-20)22-14-10-19(11-15-22)21-12-3-1-2-4-13-21/h8-9,16,19H,1-7,10-15H2. The molecule has 0 spiro atoms. The van der Waals surface area contributed by atoms with Crippen LogP contribution in [-0.4, -0.2) is 49.8 Å². The summed E-state index contributed by atoms with van der Waals surface area (Å²) in [7, 11) is -3.33.